The summed E-state index contributed by atoms with van der Waals surface area (Å²) in [5, 5.41) is 5.78. The van der Waals surface area contributed by atoms with Crippen molar-refractivity contribution >= 4 is 11.8 Å². The van der Waals surface area contributed by atoms with Gasteiger partial charge in [0.25, 0.3) is 5.91 Å². The summed E-state index contributed by atoms with van der Waals surface area (Å²) in [6.07, 6.45) is 4.24. The fourth-order valence-corrected chi connectivity index (χ4v) is 4.05. The number of benzene rings is 1. The zero-order chi connectivity index (χ0) is 20.2. The molecule has 2 heterocycles. The number of nitrogens with one attached hydrogen (secondary N) is 2. The Morgan fingerprint density at radius 3 is 2.83 bits per heavy atom. The van der Waals surface area contributed by atoms with Gasteiger partial charge in [-0.25, -0.2) is 9.97 Å². The van der Waals surface area contributed by atoms with Crippen LogP contribution in [0.4, 0.5) is 0 Å². The number of aromatic nitrogens is 2. The maximum Gasteiger partial charge on any atom is 0.251 e. The average molecular weight is 394 g/mol. The molecule has 0 saturated carbocycles. The molecule has 1 aromatic heterocycles. The molecule has 2 aromatic rings. The predicted molar refractivity (Wildman–Crippen MR) is 107 cm³/mol. The fraction of sp³-hybridized carbons (Fsp3) is 0.455. The minimum absolute atomic E-state index is 0.117. The van der Waals surface area contributed by atoms with Crippen molar-refractivity contribution in [3.05, 3.63) is 58.7 Å². The fourth-order valence-electron chi connectivity index (χ4n) is 4.05. The van der Waals surface area contributed by atoms with Gasteiger partial charge < -0.3 is 15.4 Å². The lowest BCUT2D eigenvalue weighted by Crippen LogP contribution is -2.52. The SMILES string of the molecule is Cc1nc(CCNC(=O)[C@H]2OCC(=O)N[C@@H]2c2ccccc2)nc2c1CCCC2. The van der Waals surface area contributed by atoms with Gasteiger partial charge in [-0.05, 0) is 43.7 Å². The van der Waals surface area contributed by atoms with Crippen LogP contribution in [-0.2, 0) is 33.6 Å². The predicted octanol–water partition coefficient (Wildman–Crippen LogP) is 1.58. The van der Waals surface area contributed by atoms with E-state index in [0.717, 1.165) is 35.6 Å². The Morgan fingerprint density at radius 1 is 1.21 bits per heavy atom. The molecule has 7 heteroatoms. The number of carbonyl (C=O) groups is 2. The lowest BCUT2D eigenvalue weighted by atomic mass is 9.95. The zero-order valence-electron chi connectivity index (χ0n) is 16.6. The van der Waals surface area contributed by atoms with Gasteiger partial charge in [-0.1, -0.05) is 30.3 Å². The molecule has 152 valence electrons. The van der Waals surface area contributed by atoms with Gasteiger partial charge in [0.05, 0.1) is 6.04 Å². The number of morpholine rings is 1. The summed E-state index contributed by atoms with van der Waals surface area (Å²) in [5.74, 6) is 0.301. The summed E-state index contributed by atoms with van der Waals surface area (Å²) in [7, 11) is 0. The van der Waals surface area contributed by atoms with E-state index in [-0.39, 0.29) is 18.4 Å². The summed E-state index contributed by atoms with van der Waals surface area (Å²) < 4.78 is 5.56. The Labute approximate surface area is 170 Å². The minimum atomic E-state index is -0.763. The summed E-state index contributed by atoms with van der Waals surface area (Å²) in [6.45, 7) is 2.35. The van der Waals surface area contributed by atoms with Crippen LogP contribution >= 0.6 is 0 Å². The third-order valence-corrected chi connectivity index (χ3v) is 5.51. The second kappa shape index (κ2) is 8.69. The van der Waals surface area contributed by atoms with Gasteiger partial charge in [0, 0.05) is 24.4 Å². The van der Waals surface area contributed by atoms with E-state index in [1.54, 1.807) is 0 Å². The van der Waals surface area contributed by atoms with Gasteiger partial charge in [-0.2, -0.15) is 0 Å². The lowest BCUT2D eigenvalue weighted by Gasteiger charge is -2.31. The molecule has 29 heavy (non-hydrogen) atoms. The quantitative estimate of drug-likeness (QED) is 0.803. The highest BCUT2D eigenvalue weighted by atomic mass is 16.5. The van der Waals surface area contributed by atoms with E-state index in [4.69, 9.17) is 9.72 Å². The van der Waals surface area contributed by atoms with Crippen molar-refractivity contribution in [2.24, 2.45) is 0 Å². The van der Waals surface area contributed by atoms with Crippen LogP contribution in [0.25, 0.3) is 0 Å². The van der Waals surface area contributed by atoms with Crippen molar-refractivity contribution in [3.8, 4) is 0 Å². The molecule has 1 saturated heterocycles. The molecule has 0 radical (unpaired) electrons. The van der Waals surface area contributed by atoms with Crippen molar-refractivity contribution in [1.82, 2.24) is 20.6 Å². The Kier molecular flexibility index (Phi) is 5.85. The third-order valence-electron chi connectivity index (χ3n) is 5.51. The molecule has 2 atom stereocenters. The molecule has 4 rings (SSSR count). The highest BCUT2D eigenvalue weighted by Gasteiger charge is 2.35. The van der Waals surface area contributed by atoms with E-state index >= 15 is 0 Å². The number of hydrogen-bond donors (Lipinski definition) is 2. The normalized spacial score (nSPS) is 21.2. The van der Waals surface area contributed by atoms with E-state index in [1.165, 1.54) is 18.4 Å². The topological polar surface area (TPSA) is 93.2 Å². The monoisotopic (exact) mass is 394 g/mol. The van der Waals surface area contributed by atoms with E-state index in [2.05, 4.69) is 15.6 Å². The molecule has 0 spiro atoms. The maximum atomic E-state index is 12.8. The Hall–Kier alpha value is -2.80. The van der Waals surface area contributed by atoms with Crippen LogP contribution in [0.2, 0.25) is 0 Å². The van der Waals surface area contributed by atoms with Gasteiger partial charge in [0.15, 0.2) is 6.10 Å². The van der Waals surface area contributed by atoms with E-state index in [9.17, 15) is 9.59 Å². The van der Waals surface area contributed by atoms with Crippen LogP contribution in [0.3, 0.4) is 0 Å². The lowest BCUT2D eigenvalue weighted by molar-refractivity contribution is -0.148. The molecule has 2 amide bonds. The average Bonchev–Trinajstić information content (AvgIpc) is 2.74. The van der Waals surface area contributed by atoms with Crippen molar-refractivity contribution in [3.63, 3.8) is 0 Å². The molecular weight excluding hydrogens is 368 g/mol. The maximum absolute atomic E-state index is 12.8. The number of rotatable bonds is 5. The van der Waals surface area contributed by atoms with Gasteiger partial charge >= 0.3 is 0 Å². The van der Waals surface area contributed by atoms with Crippen LogP contribution in [-0.4, -0.2) is 41.0 Å². The summed E-state index contributed by atoms with van der Waals surface area (Å²) in [4.78, 5) is 33.9. The number of amides is 2. The van der Waals surface area contributed by atoms with E-state index in [0.29, 0.717) is 13.0 Å². The molecule has 1 aliphatic carbocycles. The van der Waals surface area contributed by atoms with Gasteiger partial charge in [0.1, 0.15) is 12.4 Å². The highest BCUT2D eigenvalue weighted by molar-refractivity contribution is 5.86. The van der Waals surface area contributed by atoms with Crippen molar-refractivity contribution in [1.29, 1.82) is 0 Å². The number of nitrogens with zero attached hydrogens (tertiary/aromatic N) is 2. The molecule has 1 fully saturated rings. The molecule has 0 bridgehead atoms. The molecule has 1 aliphatic heterocycles. The zero-order valence-corrected chi connectivity index (χ0v) is 16.6. The van der Waals surface area contributed by atoms with E-state index < -0.39 is 12.1 Å². The molecule has 2 aliphatic rings. The van der Waals surface area contributed by atoms with Crippen LogP contribution < -0.4 is 10.6 Å². The first kappa shape index (κ1) is 19.5. The number of fused-ring (bicyclic) bond motifs is 1. The second-order valence-corrected chi connectivity index (χ2v) is 7.59. The van der Waals surface area contributed by atoms with Crippen molar-refractivity contribution in [2.75, 3.05) is 13.2 Å². The molecular formula is C22H26N4O3. The molecule has 2 N–H and O–H groups in total. The van der Waals surface area contributed by atoms with E-state index in [1.807, 2.05) is 37.3 Å². The summed E-state index contributed by atoms with van der Waals surface area (Å²) in [5.41, 5.74) is 4.35. The van der Waals surface area contributed by atoms with Crippen LogP contribution in [0, 0.1) is 6.92 Å². The number of carbonyl (C=O) groups excluding carboxylic acids is 2. The Balaban J connectivity index is 1.39. The number of ether oxygens (including phenoxy) is 1. The van der Waals surface area contributed by atoms with Crippen LogP contribution in [0.15, 0.2) is 30.3 Å². The molecule has 1 aromatic carbocycles. The van der Waals surface area contributed by atoms with Gasteiger partial charge in [-0.15, -0.1) is 0 Å². The first-order valence-electron chi connectivity index (χ1n) is 10.2. The van der Waals surface area contributed by atoms with Gasteiger partial charge in [0.2, 0.25) is 5.91 Å². The van der Waals surface area contributed by atoms with Crippen LogP contribution in [0.5, 0.6) is 0 Å². The van der Waals surface area contributed by atoms with Crippen molar-refractivity contribution < 1.29 is 14.3 Å². The molecule has 0 unspecified atom stereocenters. The summed E-state index contributed by atoms with van der Waals surface area (Å²) in [6, 6.07) is 8.90. The van der Waals surface area contributed by atoms with Crippen molar-refractivity contribution in [2.45, 2.75) is 51.2 Å². The van der Waals surface area contributed by atoms with Gasteiger partial charge in [-0.3, -0.25) is 9.59 Å². The number of hydrogen-bond acceptors (Lipinski definition) is 5. The first-order chi connectivity index (χ1) is 14.1. The van der Waals surface area contributed by atoms with Crippen LogP contribution in [0.1, 0.15) is 47.2 Å². The highest BCUT2D eigenvalue weighted by Crippen LogP contribution is 2.23. The largest absolute Gasteiger partial charge is 0.356 e. The Morgan fingerprint density at radius 2 is 2.00 bits per heavy atom. The first-order valence-corrected chi connectivity index (χ1v) is 10.2. The third kappa shape index (κ3) is 4.45. The number of aryl methyl sites for hydroxylation is 2. The minimum Gasteiger partial charge on any atom is -0.356 e. The second-order valence-electron chi connectivity index (χ2n) is 7.59. The Bertz CT molecular complexity index is 900. The molecule has 7 nitrogen and oxygen atoms in total. The standard InChI is InChI=1S/C22H26N4O3/c1-14-16-9-5-6-10-17(16)25-18(24-14)11-12-23-22(28)21-20(26-19(27)13-29-21)15-7-3-2-4-8-15/h2-4,7-8,20-21H,5-6,9-13H2,1H3,(H,23,28)(H,26,27)/t20-,21+/m1/s1. The summed E-state index contributed by atoms with van der Waals surface area (Å²) >= 11 is 0. The smallest absolute Gasteiger partial charge is 0.251 e.